The summed E-state index contributed by atoms with van der Waals surface area (Å²) in [5.74, 6) is 1.94. The van der Waals surface area contributed by atoms with Crippen molar-refractivity contribution in [2.75, 3.05) is 12.3 Å². The summed E-state index contributed by atoms with van der Waals surface area (Å²) < 4.78 is 17.9. The van der Waals surface area contributed by atoms with Gasteiger partial charge in [-0.2, -0.15) is 0 Å². The van der Waals surface area contributed by atoms with Crippen LogP contribution >= 0.6 is 24.8 Å². The number of benzene rings is 1. The maximum absolute atomic E-state index is 12.1. The number of thiol groups is 1. The fourth-order valence-electron chi connectivity index (χ4n) is 1.88. The first-order valence-electron chi connectivity index (χ1n) is 6.54. The minimum Gasteiger partial charge on any atom is -0.467 e. The van der Waals surface area contributed by atoms with Gasteiger partial charge in [-0.3, -0.25) is 4.21 Å². The van der Waals surface area contributed by atoms with E-state index in [0.717, 1.165) is 11.3 Å². The number of furan rings is 1. The molecule has 1 unspecified atom stereocenters. The Balaban J connectivity index is 1.84. The Morgan fingerprint density at radius 2 is 2.00 bits per heavy atom. The molecule has 0 radical (unpaired) electrons. The molecular weight excluding hydrogens is 322 g/mol. The first-order valence-corrected chi connectivity index (χ1v) is 8.88. The van der Waals surface area contributed by atoms with E-state index in [-0.39, 0.29) is 0 Å². The van der Waals surface area contributed by atoms with Crippen molar-refractivity contribution in [3.63, 3.8) is 0 Å². The van der Waals surface area contributed by atoms with Gasteiger partial charge >= 0.3 is 0 Å². The van der Waals surface area contributed by atoms with Gasteiger partial charge in [0.15, 0.2) is 0 Å². The van der Waals surface area contributed by atoms with E-state index in [1.807, 2.05) is 47.4 Å². The largest absolute Gasteiger partial charge is 0.467 e. The van der Waals surface area contributed by atoms with E-state index >= 15 is 0 Å². The van der Waals surface area contributed by atoms with Crippen LogP contribution in [0.4, 0.5) is 0 Å². The maximum Gasteiger partial charge on any atom is 0.133 e. The Morgan fingerprint density at radius 3 is 2.62 bits per heavy atom. The standard InChI is InChI=1S/C15H17NO2S3/c17-21(12-13-5-2-1-3-6-13)10-8-16(15(19)20)11-14-7-4-9-18-14/h1-7,9H,8,10-12H2,(H,19,20). The van der Waals surface area contributed by atoms with Crippen LogP contribution in [0.5, 0.6) is 0 Å². The minimum atomic E-state index is -0.922. The average Bonchev–Trinajstić information content (AvgIpc) is 2.97. The number of rotatable bonds is 7. The minimum absolute atomic E-state index is 0.489. The summed E-state index contributed by atoms with van der Waals surface area (Å²) in [6.45, 7) is 1.15. The van der Waals surface area contributed by atoms with E-state index in [2.05, 4.69) is 12.6 Å². The molecule has 0 spiro atoms. The first-order chi connectivity index (χ1) is 10.1. The quantitative estimate of drug-likeness (QED) is 0.620. The summed E-state index contributed by atoms with van der Waals surface area (Å²) in [6.07, 6.45) is 1.63. The van der Waals surface area contributed by atoms with Crippen molar-refractivity contribution in [2.24, 2.45) is 0 Å². The summed E-state index contributed by atoms with van der Waals surface area (Å²) in [4.78, 5) is 1.89. The molecule has 21 heavy (non-hydrogen) atoms. The summed E-state index contributed by atoms with van der Waals surface area (Å²) in [6, 6.07) is 13.6. The Hall–Kier alpha value is -1.11. The molecule has 0 bridgehead atoms. The molecule has 0 N–H and O–H groups in total. The van der Waals surface area contributed by atoms with Gasteiger partial charge in [0.2, 0.25) is 0 Å². The highest BCUT2D eigenvalue weighted by Crippen LogP contribution is 2.09. The van der Waals surface area contributed by atoms with Crippen LogP contribution in [0.15, 0.2) is 53.1 Å². The topological polar surface area (TPSA) is 33.5 Å². The summed E-state index contributed by atoms with van der Waals surface area (Å²) in [7, 11) is -0.922. The average molecular weight is 340 g/mol. The molecule has 3 nitrogen and oxygen atoms in total. The zero-order valence-corrected chi connectivity index (χ0v) is 14.0. The van der Waals surface area contributed by atoms with E-state index in [4.69, 9.17) is 16.6 Å². The lowest BCUT2D eigenvalue weighted by molar-refractivity contribution is 0.386. The highest BCUT2D eigenvalue weighted by molar-refractivity contribution is 8.10. The van der Waals surface area contributed by atoms with Crippen LogP contribution in [0.25, 0.3) is 0 Å². The highest BCUT2D eigenvalue weighted by atomic mass is 32.2. The van der Waals surface area contributed by atoms with Gasteiger partial charge in [-0.25, -0.2) is 0 Å². The lowest BCUT2D eigenvalue weighted by atomic mass is 10.2. The summed E-state index contributed by atoms with van der Waals surface area (Å²) >= 11 is 9.34. The molecule has 1 heterocycles. The second-order valence-electron chi connectivity index (χ2n) is 4.56. The molecule has 1 aromatic carbocycles. The van der Waals surface area contributed by atoms with Gasteiger partial charge in [-0.05, 0) is 17.7 Å². The smallest absolute Gasteiger partial charge is 0.133 e. The fourth-order valence-corrected chi connectivity index (χ4v) is 3.34. The zero-order chi connectivity index (χ0) is 15.1. The third-order valence-corrected chi connectivity index (χ3v) is 4.79. The van der Waals surface area contributed by atoms with E-state index in [1.54, 1.807) is 6.26 Å². The van der Waals surface area contributed by atoms with Crippen LogP contribution in [0.2, 0.25) is 0 Å². The zero-order valence-electron chi connectivity index (χ0n) is 11.5. The van der Waals surface area contributed by atoms with Crippen molar-refractivity contribution in [2.45, 2.75) is 12.3 Å². The first kappa shape index (κ1) is 16.3. The molecule has 0 amide bonds. The van der Waals surface area contributed by atoms with Crippen LogP contribution in [-0.2, 0) is 23.1 Å². The lowest BCUT2D eigenvalue weighted by Gasteiger charge is -2.21. The summed E-state index contributed by atoms with van der Waals surface area (Å²) in [5.41, 5.74) is 1.09. The molecule has 112 valence electrons. The van der Waals surface area contributed by atoms with Crippen LogP contribution in [0.3, 0.4) is 0 Å². The number of thiocarbonyl (C=S) groups is 1. The summed E-state index contributed by atoms with van der Waals surface area (Å²) in [5, 5.41) is 0. The Bertz CT molecular complexity index is 584. The molecule has 6 heteroatoms. The van der Waals surface area contributed by atoms with E-state index in [0.29, 0.717) is 28.9 Å². The van der Waals surface area contributed by atoms with E-state index < -0.39 is 10.8 Å². The SMILES string of the molecule is O=S(CCN(Cc1ccco1)C(=S)S)Cc1ccccc1. The maximum atomic E-state index is 12.1. The van der Waals surface area contributed by atoms with Crippen molar-refractivity contribution >= 4 is 40.0 Å². The van der Waals surface area contributed by atoms with Gasteiger partial charge in [-0.1, -0.05) is 42.5 Å². The molecule has 0 saturated carbocycles. The van der Waals surface area contributed by atoms with Crippen LogP contribution in [0, 0.1) is 0 Å². The number of nitrogens with zero attached hydrogens (tertiary/aromatic N) is 1. The van der Waals surface area contributed by atoms with Gasteiger partial charge in [0.05, 0.1) is 12.8 Å². The molecule has 0 aliphatic heterocycles. The molecule has 2 aromatic rings. The van der Waals surface area contributed by atoms with Crippen molar-refractivity contribution in [1.29, 1.82) is 0 Å². The third kappa shape index (κ3) is 5.65. The number of hydrogen-bond donors (Lipinski definition) is 1. The molecule has 0 aliphatic carbocycles. The molecule has 0 aliphatic rings. The molecule has 1 aromatic heterocycles. The lowest BCUT2D eigenvalue weighted by Crippen LogP contribution is -2.29. The van der Waals surface area contributed by atoms with Crippen molar-refractivity contribution in [3.8, 4) is 0 Å². The third-order valence-electron chi connectivity index (χ3n) is 2.96. The molecule has 2 rings (SSSR count). The Kier molecular flexibility index (Phi) is 6.48. The van der Waals surface area contributed by atoms with E-state index in [1.165, 1.54) is 0 Å². The fraction of sp³-hybridized carbons (Fsp3) is 0.267. The predicted molar refractivity (Wildman–Crippen MR) is 93.9 cm³/mol. The van der Waals surface area contributed by atoms with Gasteiger partial charge in [0, 0.05) is 28.9 Å². The second kappa shape index (κ2) is 8.36. The monoisotopic (exact) mass is 339 g/mol. The number of hydrogen-bond acceptors (Lipinski definition) is 3. The molecule has 1 atom stereocenters. The molecule has 0 fully saturated rings. The van der Waals surface area contributed by atoms with Crippen molar-refractivity contribution in [1.82, 2.24) is 4.90 Å². The second-order valence-corrected chi connectivity index (χ2v) is 7.25. The van der Waals surface area contributed by atoms with Gasteiger partial charge in [0.25, 0.3) is 0 Å². The van der Waals surface area contributed by atoms with Crippen LogP contribution in [0.1, 0.15) is 11.3 Å². The Labute approximate surface area is 138 Å². The van der Waals surface area contributed by atoms with E-state index in [9.17, 15) is 4.21 Å². The van der Waals surface area contributed by atoms with Crippen LogP contribution in [-0.4, -0.2) is 25.7 Å². The van der Waals surface area contributed by atoms with Gasteiger partial charge < -0.3 is 9.32 Å². The normalized spacial score (nSPS) is 12.0. The highest BCUT2D eigenvalue weighted by Gasteiger charge is 2.11. The van der Waals surface area contributed by atoms with Gasteiger partial charge in [-0.15, -0.1) is 12.6 Å². The molecule has 0 saturated heterocycles. The van der Waals surface area contributed by atoms with Gasteiger partial charge in [0.1, 0.15) is 10.1 Å². The van der Waals surface area contributed by atoms with Crippen molar-refractivity contribution in [3.05, 3.63) is 60.1 Å². The Morgan fingerprint density at radius 1 is 1.24 bits per heavy atom. The van der Waals surface area contributed by atoms with Crippen LogP contribution < -0.4 is 0 Å². The van der Waals surface area contributed by atoms with Crippen molar-refractivity contribution < 1.29 is 8.63 Å². The molecular formula is C15H17NO2S3. The predicted octanol–water partition coefficient (Wildman–Crippen LogP) is 3.25.